The molecule has 0 bridgehead atoms. The van der Waals surface area contributed by atoms with Crippen LogP contribution in [-0.4, -0.2) is 11.1 Å². The molecule has 0 aromatic heterocycles. The van der Waals surface area contributed by atoms with Gasteiger partial charge in [-0.05, 0) is 30.3 Å². The van der Waals surface area contributed by atoms with E-state index in [2.05, 4.69) is 0 Å². The van der Waals surface area contributed by atoms with Gasteiger partial charge in [0.25, 0.3) is 0 Å². The molecule has 0 fully saturated rings. The summed E-state index contributed by atoms with van der Waals surface area (Å²) in [7, 11) is 0. The van der Waals surface area contributed by atoms with Gasteiger partial charge in [0.1, 0.15) is 11.8 Å². The van der Waals surface area contributed by atoms with Gasteiger partial charge in [-0.25, -0.2) is 9.18 Å². The average Bonchev–Trinajstić information content (AvgIpc) is 2.41. The number of aromatic carboxylic acids is 1. The Balaban J connectivity index is 2.39. The molecule has 0 radical (unpaired) electrons. The molecular weight excluding hydrogens is 249 g/mol. The fourth-order valence-corrected chi connectivity index (χ4v) is 1.49. The maximum Gasteiger partial charge on any atom is 0.335 e. The summed E-state index contributed by atoms with van der Waals surface area (Å²) in [6, 6.07) is 11.4. The second-order valence-electron chi connectivity index (χ2n) is 3.66. The van der Waals surface area contributed by atoms with Crippen LogP contribution >= 0.6 is 0 Å². The van der Waals surface area contributed by atoms with Crippen LogP contribution in [0.15, 0.2) is 42.5 Å². The highest BCUT2D eigenvalue weighted by molar-refractivity contribution is 5.88. The van der Waals surface area contributed by atoms with E-state index in [1.165, 1.54) is 36.4 Å². The third-order valence-electron chi connectivity index (χ3n) is 2.40. The Bertz CT molecular complexity index is 677. The Kier molecular flexibility index (Phi) is 3.44. The predicted octanol–water partition coefficient (Wildman–Crippen LogP) is 3.19. The first kappa shape index (κ1) is 12.6. The summed E-state index contributed by atoms with van der Waals surface area (Å²) in [5.41, 5.74) is 0.000543. The van der Waals surface area contributed by atoms with E-state index in [1.54, 1.807) is 6.07 Å². The summed E-state index contributed by atoms with van der Waals surface area (Å²) in [4.78, 5) is 10.8. The maximum atomic E-state index is 13.4. The molecule has 4 nitrogen and oxygen atoms in total. The molecule has 2 aromatic rings. The summed E-state index contributed by atoms with van der Waals surface area (Å²) < 4.78 is 18.7. The summed E-state index contributed by atoms with van der Waals surface area (Å²) in [5.74, 6) is -1.62. The van der Waals surface area contributed by atoms with Crippen LogP contribution < -0.4 is 4.74 Å². The van der Waals surface area contributed by atoms with Crippen LogP contribution in [0.5, 0.6) is 11.5 Å². The van der Waals surface area contributed by atoms with Crippen molar-refractivity contribution in [3.63, 3.8) is 0 Å². The molecule has 2 rings (SSSR count). The standard InChI is InChI=1S/C14H8FNO3/c15-11-3-1-2-4-13(11)19-12-6-5-9(14(17)18)7-10(12)8-16/h1-7H,(H,17,18). The van der Waals surface area contributed by atoms with Crippen LogP contribution in [0.4, 0.5) is 4.39 Å². The van der Waals surface area contributed by atoms with Gasteiger partial charge in [-0.2, -0.15) is 5.26 Å². The highest BCUT2D eigenvalue weighted by Crippen LogP contribution is 2.27. The molecule has 0 heterocycles. The Morgan fingerprint density at radius 1 is 1.21 bits per heavy atom. The quantitative estimate of drug-likeness (QED) is 0.916. The maximum absolute atomic E-state index is 13.4. The van der Waals surface area contributed by atoms with Crippen LogP contribution in [-0.2, 0) is 0 Å². The van der Waals surface area contributed by atoms with Crippen LogP contribution in [0, 0.1) is 17.1 Å². The number of carbonyl (C=O) groups is 1. The smallest absolute Gasteiger partial charge is 0.335 e. The minimum atomic E-state index is -1.14. The number of nitriles is 1. The third-order valence-corrected chi connectivity index (χ3v) is 2.40. The fourth-order valence-electron chi connectivity index (χ4n) is 1.49. The van der Waals surface area contributed by atoms with Gasteiger partial charge in [0, 0.05) is 0 Å². The van der Waals surface area contributed by atoms with Gasteiger partial charge in [0.05, 0.1) is 11.1 Å². The molecular formula is C14H8FNO3. The number of para-hydroxylation sites is 1. The van der Waals surface area contributed by atoms with Crippen molar-refractivity contribution in [2.24, 2.45) is 0 Å². The molecule has 94 valence electrons. The monoisotopic (exact) mass is 257 g/mol. The number of hydrogen-bond acceptors (Lipinski definition) is 3. The van der Waals surface area contributed by atoms with E-state index in [9.17, 15) is 9.18 Å². The lowest BCUT2D eigenvalue weighted by molar-refractivity contribution is 0.0697. The number of rotatable bonds is 3. The van der Waals surface area contributed by atoms with Gasteiger partial charge in [0.2, 0.25) is 0 Å². The molecule has 1 N–H and O–H groups in total. The lowest BCUT2D eigenvalue weighted by Gasteiger charge is -2.08. The average molecular weight is 257 g/mol. The second-order valence-corrected chi connectivity index (χ2v) is 3.66. The third kappa shape index (κ3) is 2.69. The first-order chi connectivity index (χ1) is 9.11. The second kappa shape index (κ2) is 5.19. The number of nitrogens with zero attached hydrogens (tertiary/aromatic N) is 1. The van der Waals surface area contributed by atoms with Gasteiger partial charge >= 0.3 is 5.97 Å². The van der Waals surface area contributed by atoms with Gasteiger partial charge in [-0.15, -0.1) is 0 Å². The van der Waals surface area contributed by atoms with Gasteiger partial charge < -0.3 is 9.84 Å². The highest BCUT2D eigenvalue weighted by Gasteiger charge is 2.11. The van der Waals surface area contributed by atoms with Crippen molar-refractivity contribution in [3.05, 3.63) is 59.4 Å². The molecule has 0 aliphatic heterocycles. The molecule has 0 spiro atoms. The Morgan fingerprint density at radius 2 is 1.95 bits per heavy atom. The molecule has 0 saturated heterocycles. The van der Waals surface area contributed by atoms with E-state index < -0.39 is 11.8 Å². The van der Waals surface area contributed by atoms with Crippen molar-refractivity contribution < 1.29 is 19.0 Å². The van der Waals surface area contributed by atoms with Gasteiger partial charge in [-0.3, -0.25) is 0 Å². The SMILES string of the molecule is N#Cc1cc(C(=O)O)ccc1Oc1ccccc1F. The lowest BCUT2D eigenvalue weighted by atomic mass is 10.1. The summed E-state index contributed by atoms with van der Waals surface area (Å²) in [5, 5.41) is 17.8. The van der Waals surface area contributed by atoms with Crippen LogP contribution in [0.2, 0.25) is 0 Å². The largest absolute Gasteiger partial charge is 0.478 e. The number of benzene rings is 2. The number of carboxylic acid groups (broad SMARTS) is 1. The van der Waals surface area contributed by atoms with E-state index in [-0.39, 0.29) is 22.6 Å². The number of ether oxygens (including phenoxy) is 1. The van der Waals surface area contributed by atoms with Crippen molar-refractivity contribution in [1.82, 2.24) is 0 Å². The van der Waals surface area contributed by atoms with E-state index in [1.807, 2.05) is 6.07 Å². The summed E-state index contributed by atoms with van der Waals surface area (Å²) >= 11 is 0. The number of halogens is 1. The zero-order valence-electron chi connectivity index (χ0n) is 9.63. The number of hydrogen-bond donors (Lipinski definition) is 1. The zero-order valence-corrected chi connectivity index (χ0v) is 9.63. The molecule has 0 amide bonds. The Labute approximate surface area is 108 Å². The Hall–Kier alpha value is -2.87. The molecule has 0 aliphatic carbocycles. The Morgan fingerprint density at radius 3 is 2.58 bits per heavy atom. The molecule has 0 saturated carbocycles. The number of carboxylic acids is 1. The van der Waals surface area contributed by atoms with Gasteiger partial charge in [0.15, 0.2) is 11.6 Å². The van der Waals surface area contributed by atoms with E-state index >= 15 is 0 Å². The van der Waals surface area contributed by atoms with Crippen molar-refractivity contribution in [3.8, 4) is 17.6 Å². The van der Waals surface area contributed by atoms with Crippen LogP contribution in [0.3, 0.4) is 0 Å². The van der Waals surface area contributed by atoms with E-state index in [0.29, 0.717) is 0 Å². The van der Waals surface area contributed by atoms with Crippen molar-refractivity contribution in [2.45, 2.75) is 0 Å². The first-order valence-electron chi connectivity index (χ1n) is 5.31. The normalized spacial score (nSPS) is 9.68. The van der Waals surface area contributed by atoms with Crippen molar-refractivity contribution in [1.29, 1.82) is 5.26 Å². The zero-order chi connectivity index (χ0) is 13.8. The van der Waals surface area contributed by atoms with Crippen molar-refractivity contribution >= 4 is 5.97 Å². The fraction of sp³-hybridized carbons (Fsp3) is 0. The lowest BCUT2D eigenvalue weighted by Crippen LogP contribution is -1.98. The predicted molar refractivity (Wildman–Crippen MR) is 64.6 cm³/mol. The molecule has 0 unspecified atom stereocenters. The van der Waals surface area contributed by atoms with E-state index in [4.69, 9.17) is 15.1 Å². The minimum absolute atomic E-state index is 0.0259. The minimum Gasteiger partial charge on any atom is -0.478 e. The molecule has 5 heteroatoms. The molecule has 0 atom stereocenters. The van der Waals surface area contributed by atoms with Gasteiger partial charge in [-0.1, -0.05) is 12.1 Å². The topological polar surface area (TPSA) is 70.3 Å². The van der Waals surface area contributed by atoms with Crippen LogP contribution in [0.1, 0.15) is 15.9 Å². The van der Waals surface area contributed by atoms with E-state index in [0.717, 1.165) is 0 Å². The highest BCUT2D eigenvalue weighted by atomic mass is 19.1. The molecule has 2 aromatic carbocycles. The summed E-state index contributed by atoms with van der Waals surface area (Å²) in [6.07, 6.45) is 0. The summed E-state index contributed by atoms with van der Waals surface area (Å²) in [6.45, 7) is 0. The first-order valence-corrected chi connectivity index (χ1v) is 5.31. The molecule has 0 aliphatic rings. The van der Waals surface area contributed by atoms with Crippen molar-refractivity contribution in [2.75, 3.05) is 0 Å². The van der Waals surface area contributed by atoms with Crippen LogP contribution in [0.25, 0.3) is 0 Å². The molecule has 19 heavy (non-hydrogen) atoms.